The highest BCUT2D eigenvalue weighted by Gasteiger charge is 2.33. The lowest BCUT2D eigenvalue weighted by Gasteiger charge is -2.37. The van der Waals surface area contributed by atoms with E-state index in [0.29, 0.717) is 43.7 Å². The normalized spacial score (nSPS) is 17.5. The van der Waals surface area contributed by atoms with Gasteiger partial charge in [0, 0.05) is 64.2 Å². The van der Waals surface area contributed by atoms with E-state index in [1.807, 2.05) is 46.9 Å². The molecule has 0 aliphatic carbocycles. The molecule has 0 saturated carbocycles. The van der Waals surface area contributed by atoms with Gasteiger partial charge >= 0.3 is 6.09 Å². The van der Waals surface area contributed by atoms with Crippen LogP contribution in [-0.2, 0) is 9.53 Å². The number of piperazine rings is 1. The molecule has 14 heteroatoms. The zero-order valence-corrected chi connectivity index (χ0v) is 33.9. The lowest BCUT2D eigenvalue weighted by Crippen LogP contribution is -2.52. The Kier molecular flexibility index (Phi) is 14.1. The van der Waals surface area contributed by atoms with E-state index in [1.54, 1.807) is 25.7 Å². The van der Waals surface area contributed by atoms with Gasteiger partial charge in [-0.25, -0.2) is 9.78 Å². The molecular weight excluding hydrogens is 703 g/mol. The molecule has 3 fully saturated rings. The van der Waals surface area contributed by atoms with Gasteiger partial charge < -0.3 is 34.4 Å². The Morgan fingerprint density at radius 2 is 1.57 bits per heavy atom. The minimum absolute atomic E-state index is 0. The third kappa shape index (κ3) is 11.2. The summed E-state index contributed by atoms with van der Waals surface area (Å²) in [7, 11) is 0. The van der Waals surface area contributed by atoms with Gasteiger partial charge in [-0.05, 0) is 70.9 Å². The van der Waals surface area contributed by atoms with Crippen LogP contribution in [0.25, 0.3) is 5.65 Å². The summed E-state index contributed by atoms with van der Waals surface area (Å²) in [5.41, 5.74) is 4.00. The molecule has 298 valence electrons. The van der Waals surface area contributed by atoms with E-state index in [2.05, 4.69) is 53.6 Å². The summed E-state index contributed by atoms with van der Waals surface area (Å²) in [5.74, 6) is 1.70. The molecule has 3 saturated heterocycles. The number of ether oxygens (including phenoxy) is 1. The molecule has 1 unspecified atom stereocenters. The highest BCUT2D eigenvalue weighted by atomic mass is 32.2. The van der Waals surface area contributed by atoms with Crippen LogP contribution in [0.15, 0.2) is 30.3 Å². The van der Waals surface area contributed by atoms with Crippen LogP contribution >= 0.6 is 11.9 Å². The van der Waals surface area contributed by atoms with Crippen molar-refractivity contribution in [1.82, 2.24) is 29.7 Å². The molecule has 5 heterocycles. The van der Waals surface area contributed by atoms with E-state index >= 15 is 0 Å². The Morgan fingerprint density at radius 3 is 2.19 bits per heavy atom. The number of hydrogen-bond acceptors (Lipinski definition) is 10. The summed E-state index contributed by atoms with van der Waals surface area (Å²) in [6, 6.07) is 9.94. The SMILES string of the molecule is C.CC(C)(C)C.CSNc1ccc(C)cc1C(=O)N1CCCCC1c1cc2nc(N3CCC3)cc(N3CCN(C(=O)CNC(=O)OC(C)(C)C)CC3)n2n1. The summed E-state index contributed by atoms with van der Waals surface area (Å²) in [4.78, 5) is 52.4. The first-order valence-corrected chi connectivity index (χ1v) is 20.1. The highest BCUT2D eigenvalue weighted by Crippen LogP contribution is 2.35. The lowest BCUT2D eigenvalue weighted by molar-refractivity contribution is -0.130. The van der Waals surface area contributed by atoms with Gasteiger partial charge in [-0.3, -0.25) is 9.59 Å². The predicted molar refractivity (Wildman–Crippen MR) is 221 cm³/mol. The molecule has 0 bridgehead atoms. The topological polar surface area (TPSA) is 128 Å². The van der Waals surface area contributed by atoms with E-state index in [0.717, 1.165) is 73.0 Å². The monoisotopic (exact) mass is 765 g/mol. The standard InChI is InChI=1S/C34H47N9O4S.C5H12.CH4/c1-23-10-11-25(38-48-5)24(19-23)32(45)42-14-7-6-9-27(42)26-20-29-36-28(39-12-8-13-39)21-30(43(29)37-26)40-15-17-41(18-16-40)31(44)22-35-33(46)47-34(2,3)4;1-5(2,3)4;/h10-11,19-21,27,38H,6-9,12-18,22H2,1-5H3,(H,35,46);1-4H3;1H4. The molecule has 3 amide bonds. The molecular formula is C40H63N9O4S. The fourth-order valence-electron chi connectivity index (χ4n) is 6.49. The van der Waals surface area contributed by atoms with Gasteiger partial charge in [-0.1, -0.05) is 58.7 Å². The minimum atomic E-state index is -0.628. The first kappa shape index (κ1) is 42.5. The maximum Gasteiger partial charge on any atom is 0.408 e. The number of benzene rings is 1. The van der Waals surface area contributed by atoms with E-state index in [-0.39, 0.29) is 31.8 Å². The maximum absolute atomic E-state index is 14.1. The molecule has 1 atom stereocenters. The fourth-order valence-corrected chi connectivity index (χ4v) is 6.89. The lowest BCUT2D eigenvalue weighted by atomic mass is 9.97. The Labute approximate surface area is 326 Å². The predicted octanol–water partition coefficient (Wildman–Crippen LogP) is 7.17. The molecule has 0 spiro atoms. The number of fused-ring (bicyclic) bond motifs is 1. The molecule has 3 aliphatic rings. The first-order chi connectivity index (χ1) is 25.0. The third-order valence-corrected chi connectivity index (χ3v) is 9.48. The van der Waals surface area contributed by atoms with Gasteiger partial charge in [-0.15, -0.1) is 0 Å². The number of piperidine rings is 1. The second-order valence-electron chi connectivity index (χ2n) is 16.7. The summed E-state index contributed by atoms with van der Waals surface area (Å²) in [5, 5.41) is 7.71. The van der Waals surface area contributed by atoms with Crippen molar-refractivity contribution in [3.8, 4) is 0 Å². The van der Waals surface area contributed by atoms with Crippen LogP contribution in [0.4, 0.5) is 22.1 Å². The molecule has 1 aromatic carbocycles. The average molecular weight is 766 g/mol. The summed E-state index contributed by atoms with van der Waals surface area (Å²) in [6.45, 7) is 20.9. The largest absolute Gasteiger partial charge is 0.444 e. The van der Waals surface area contributed by atoms with Crippen molar-refractivity contribution >= 4 is 52.8 Å². The zero-order chi connectivity index (χ0) is 38.5. The maximum atomic E-state index is 14.1. The number of nitrogens with one attached hydrogen (secondary N) is 2. The molecule has 6 rings (SSSR count). The molecule has 2 aromatic heterocycles. The van der Waals surface area contributed by atoms with Crippen LogP contribution in [0, 0.1) is 12.3 Å². The number of aryl methyl sites for hydroxylation is 1. The second-order valence-corrected chi connectivity index (χ2v) is 17.4. The average Bonchev–Trinajstić information content (AvgIpc) is 3.49. The number of likely N-dealkylation sites (tertiary alicyclic amines) is 1. The van der Waals surface area contributed by atoms with Crippen LogP contribution in [0.1, 0.15) is 109 Å². The Bertz CT molecular complexity index is 1750. The number of amides is 3. The van der Waals surface area contributed by atoms with Crippen molar-refractivity contribution in [2.24, 2.45) is 5.41 Å². The van der Waals surface area contributed by atoms with Crippen LogP contribution in [0.3, 0.4) is 0 Å². The van der Waals surface area contributed by atoms with Gasteiger partial charge in [0.1, 0.15) is 23.8 Å². The fraction of sp³-hybridized carbons (Fsp3) is 0.625. The number of aromatic nitrogens is 3. The molecule has 13 nitrogen and oxygen atoms in total. The number of rotatable bonds is 8. The molecule has 3 aromatic rings. The number of nitrogens with zero attached hydrogens (tertiary/aromatic N) is 7. The van der Waals surface area contributed by atoms with Crippen molar-refractivity contribution in [1.29, 1.82) is 0 Å². The number of carbonyl (C=O) groups is 3. The van der Waals surface area contributed by atoms with Crippen molar-refractivity contribution in [2.75, 3.05) is 73.1 Å². The Morgan fingerprint density at radius 1 is 0.889 bits per heavy atom. The molecule has 54 heavy (non-hydrogen) atoms. The van der Waals surface area contributed by atoms with E-state index in [1.165, 1.54) is 11.9 Å². The van der Waals surface area contributed by atoms with Gasteiger partial charge in [-0.2, -0.15) is 9.61 Å². The second kappa shape index (κ2) is 18.0. The van der Waals surface area contributed by atoms with E-state index < -0.39 is 11.7 Å². The third-order valence-electron chi connectivity index (χ3n) is 9.06. The van der Waals surface area contributed by atoms with Gasteiger partial charge in [0.2, 0.25) is 5.91 Å². The number of alkyl carbamates (subject to hydrolysis) is 1. The van der Waals surface area contributed by atoms with E-state index in [9.17, 15) is 14.4 Å². The Balaban J connectivity index is 0.00000102. The van der Waals surface area contributed by atoms with Crippen molar-refractivity contribution in [3.63, 3.8) is 0 Å². The summed E-state index contributed by atoms with van der Waals surface area (Å²) in [6.07, 6.45) is 5.29. The molecule has 2 N–H and O–H groups in total. The van der Waals surface area contributed by atoms with Crippen LogP contribution < -0.4 is 19.8 Å². The zero-order valence-electron chi connectivity index (χ0n) is 33.1. The summed E-state index contributed by atoms with van der Waals surface area (Å²) < 4.78 is 10.5. The number of hydrogen-bond donors (Lipinski definition) is 2. The van der Waals surface area contributed by atoms with Gasteiger partial charge in [0.05, 0.1) is 23.0 Å². The van der Waals surface area contributed by atoms with Gasteiger partial charge in [0.15, 0.2) is 5.65 Å². The van der Waals surface area contributed by atoms with Gasteiger partial charge in [0.25, 0.3) is 5.91 Å². The van der Waals surface area contributed by atoms with Crippen LogP contribution in [-0.4, -0.2) is 107 Å². The Hall–Kier alpha value is -4.20. The van der Waals surface area contributed by atoms with Crippen LogP contribution in [0.5, 0.6) is 0 Å². The first-order valence-electron chi connectivity index (χ1n) is 18.9. The van der Waals surface area contributed by atoms with Crippen molar-refractivity contribution in [3.05, 3.63) is 47.2 Å². The van der Waals surface area contributed by atoms with Crippen molar-refractivity contribution in [2.45, 2.75) is 100 Å². The molecule has 0 radical (unpaired) electrons. The summed E-state index contributed by atoms with van der Waals surface area (Å²) >= 11 is 1.47. The van der Waals surface area contributed by atoms with Crippen LogP contribution in [0.2, 0.25) is 0 Å². The smallest absolute Gasteiger partial charge is 0.408 e. The number of anilines is 3. The molecule has 3 aliphatic heterocycles. The van der Waals surface area contributed by atoms with Crippen molar-refractivity contribution < 1.29 is 19.1 Å². The van der Waals surface area contributed by atoms with E-state index in [4.69, 9.17) is 14.8 Å². The minimum Gasteiger partial charge on any atom is -0.444 e. The quantitative estimate of drug-likeness (QED) is 0.228. The number of carbonyl (C=O) groups excluding carboxylic acids is 3. The highest BCUT2D eigenvalue weighted by molar-refractivity contribution is 7.99.